The zero-order valence-electron chi connectivity index (χ0n) is 8.87. The van der Waals surface area contributed by atoms with Gasteiger partial charge < -0.3 is 15.4 Å². The number of nitrogens with one attached hydrogen (secondary N) is 2. The molecule has 0 aliphatic carbocycles. The third-order valence-corrected chi connectivity index (χ3v) is 2.56. The van der Waals surface area contributed by atoms with Gasteiger partial charge in [0, 0.05) is 17.8 Å². The van der Waals surface area contributed by atoms with Crippen molar-refractivity contribution in [2.24, 2.45) is 0 Å². The first-order valence-corrected chi connectivity index (χ1v) is 5.18. The zero-order valence-corrected chi connectivity index (χ0v) is 9.63. The third-order valence-electron chi connectivity index (χ3n) is 2.25. The van der Waals surface area contributed by atoms with E-state index in [0.29, 0.717) is 21.6 Å². The smallest absolute Gasteiger partial charge is 0.352 e. The Bertz CT molecular complexity index is 618. The lowest BCUT2D eigenvalue weighted by atomic mass is 10.2. The number of carbonyl (C=O) groups excluding carboxylic acids is 1. The van der Waals surface area contributed by atoms with E-state index in [1.165, 1.54) is 13.0 Å². The van der Waals surface area contributed by atoms with E-state index >= 15 is 0 Å². The van der Waals surface area contributed by atoms with Crippen LogP contribution < -0.4 is 5.32 Å². The van der Waals surface area contributed by atoms with E-state index < -0.39 is 5.97 Å². The number of H-pyrrole nitrogens is 1. The number of halogens is 1. The van der Waals surface area contributed by atoms with Crippen LogP contribution in [0, 0.1) is 0 Å². The van der Waals surface area contributed by atoms with E-state index in [0.717, 1.165) is 0 Å². The maximum absolute atomic E-state index is 10.9. The third kappa shape index (κ3) is 2.24. The monoisotopic (exact) mass is 252 g/mol. The van der Waals surface area contributed by atoms with E-state index in [1.54, 1.807) is 12.1 Å². The number of rotatable bonds is 2. The molecule has 1 aromatic heterocycles. The van der Waals surface area contributed by atoms with Crippen molar-refractivity contribution in [2.45, 2.75) is 6.92 Å². The summed E-state index contributed by atoms with van der Waals surface area (Å²) in [4.78, 5) is 24.5. The molecule has 0 aliphatic heterocycles. The van der Waals surface area contributed by atoms with Gasteiger partial charge in [0.1, 0.15) is 5.69 Å². The minimum atomic E-state index is -1.04. The summed E-state index contributed by atoms with van der Waals surface area (Å²) in [5, 5.41) is 12.4. The van der Waals surface area contributed by atoms with Crippen LogP contribution in [0.1, 0.15) is 17.4 Å². The van der Waals surface area contributed by atoms with Crippen molar-refractivity contribution in [1.29, 1.82) is 0 Å². The first-order valence-electron chi connectivity index (χ1n) is 4.80. The highest BCUT2D eigenvalue weighted by atomic mass is 35.5. The number of amides is 1. The molecule has 0 unspecified atom stereocenters. The van der Waals surface area contributed by atoms with E-state index in [9.17, 15) is 9.59 Å². The van der Waals surface area contributed by atoms with Crippen LogP contribution >= 0.6 is 11.6 Å². The maximum atomic E-state index is 10.9. The van der Waals surface area contributed by atoms with E-state index in [-0.39, 0.29) is 11.6 Å². The fourth-order valence-corrected chi connectivity index (χ4v) is 1.77. The Balaban J connectivity index is 2.55. The molecule has 0 aliphatic rings. The Labute approximate surface area is 101 Å². The molecule has 0 spiro atoms. The predicted molar refractivity (Wildman–Crippen MR) is 64.6 cm³/mol. The van der Waals surface area contributed by atoms with Crippen LogP contribution in [0.2, 0.25) is 5.02 Å². The molecule has 0 saturated carbocycles. The number of carbonyl (C=O) groups is 2. The molecule has 17 heavy (non-hydrogen) atoms. The van der Waals surface area contributed by atoms with Crippen molar-refractivity contribution in [3.63, 3.8) is 0 Å². The fraction of sp³-hybridized carbons (Fsp3) is 0.0909. The Morgan fingerprint density at radius 3 is 2.65 bits per heavy atom. The lowest BCUT2D eigenvalue weighted by molar-refractivity contribution is -0.114. The second kappa shape index (κ2) is 4.10. The molecule has 0 fully saturated rings. The van der Waals surface area contributed by atoms with Crippen LogP contribution in [-0.4, -0.2) is 22.0 Å². The van der Waals surface area contributed by atoms with Gasteiger partial charge in [0.2, 0.25) is 5.91 Å². The summed E-state index contributed by atoms with van der Waals surface area (Å²) in [6.07, 6.45) is 0. The summed E-state index contributed by atoms with van der Waals surface area (Å²) >= 11 is 5.96. The molecule has 0 atom stereocenters. The van der Waals surface area contributed by atoms with Crippen LogP contribution in [0.15, 0.2) is 18.2 Å². The molecule has 2 rings (SSSR count). The highest BCUT2D eigenvalue weighted by Gasteiger charge is 2.10. The number of aromatic carboxylic acids is 1. The molecule has 0 bridgehead atoms. The van der Waals surface area contributed by atoms with Gasteiger partial charge in [-0.15, -0.1) is 0 Å². The molecule has 88 valence electrons. The average Bonchev–Trinajstić information content (AvgIpc) is 2.60. The molecule has 3 N–H and O–H groups in total. The highest BCUT2D eigenvalue weighted by Crippen LogP contribution is 2.28. The number of carboxylic acid groups (broad SMARTS) is 1. The van der Waals surface area contributed by atoms with E-state index in [4.69, 9.17) is 16.7 Å². The maximum Gasteiger partial charge on any atom is 0.352 e. The topological polar surface area (TPSA) is 82.2 Å². The molecular weight excluding hydrogens is 244 g/mol. The number of fused-ring (bicyclic) bond motifs is 1. The SMILES string of the molecule is CC(=O)Nc1cc2[nH]c(C(=O)O)cc2cc1Cl. The van der Waals surface area contributed by atoms with Gasteiger partial charge in [-0.05, 0) is 18.2 Å². The first kappa shape index (κ1) is 11.5. The lowest BCUT2D eigenvalue weighted by Crippen LogP contribution is -2.06. The number of benzene rings is 1. The fourth-order valence-electron chi connectivity index (χ4n) is 1.55. The van der Waals surface area contributed by atoms with Crippen molar-refractivity contribution in [3.05, 3.63) is 28.9 Å². The van der Waals surface area contributed by atoms with E-state index in [1.807, 2.05) is 0 Å². The Morgan fingerprint density at radius 1 is 1.35 bits per heavy atom. The van der Waals surface area contributed by atoms with Gasteiger partial charge in [0.15, 0.2) is 0 Å². The molecule has 1 amide bonds. The molecule has 0 radical (unpaired) electrons. The molecule has 0 saturated heterocycles. The molecule has 2 aromatic rings. The number of anilines is 1. The van der Waals surface area contributed by atoms with Gasteiger partial charge in [0.25, 0.3) is 0 Å². The lowest BCUT2D eigenvalue weighted by Gasteiger charge is -2.04. The molecule has 1 aromatic carbocycles. The second-order valence-corrected chi connectivity index (χ2v) is 4.00. The first-order chi connectivity index (χ1) is 7.97. The average molecular weight is 253 g/mol. The van der Waals surface area contributed by atoms with Gasteiger partial charge in [-0.3, -0.25) is 4.79 Å². The summed E-state index contributed by atoms with van der Waals surface area (Å²) in [5.41, 5.74) is 1.14. The van der Waals surface area contributed by atoms with Crippen molar-refractivity contribution >= 4 is 40.1 Å². The number of hydrogen-bond acceptors (Lipinski definition) is 2. The summed E-state index contributed by atoms with van der Waals surface area (Å²) in [6, 6.07) is 4.69. The predicted octanol–water partition coefficient (Wildman–Crippen LogP) is 2.48. The van der Waals surface area contributed by atoms with Crippen LogP contribution in [-0.2, 0) is 4.79 Å². The summed E-state index contributed by atoms with van der Waals surface area (Å²) in [5.74, 6) is -1.28. The number of aromatic nitrogens is 1. The van der Waals surface area contributed by atoms with Gasteiger partial charge in [-0.25, -0.2) is 4.79 Å². The van der Waals surface area contributed by atoms with Crippen molar-refractivity contribution < 1.29 is 14.7 Å². The largest absolute Gasteiger partial charge is 0.477 e. The number of carboxylic acids is 1. The van der Waals surface area contributed by atoms with Crippen molar-refractivity contribution in [1.82, 2.24) is 4.98 Å². The standard InChI is InChI=1S/C11H9ClN2O3/c1-5(15)13-9-4-8-6(2-7(9)12)3-10(14-8)11(16)17/h2-4,14H,1H3,(H,13,15)(H,16,17). The van der Waals surface area contributed by atoms with Crippen LogP contribution in [0.4, 0.5) is 5.69 Å². The second-order valence-electron chi connectivity index (χ2n) is 3.59. The van der Waals surface area contributed by atoms with Crippen LogP contribution in [0.3, 0.4) is 0 Å². The summed E-state index contributed by atoms with van der Waals surface area (Å²) in [7, 11) is 0. The van der Waals surface area contributed by atoms with Gasteiger partial charge in [0.05, 0.1) is 10.7 Å². The molecule has 1 heterocycles. The van der Waals surface area contributed by atoms with E-state index in [2.05, 4.69) is 10.3 Å². The quantitative estimate of drug-likeness (QED) is 0.768. The molecule has 5 nitrogen and oxygen atoms in total. The minimum Gasteiger partial charge on any atom is -0.477 e. The van der Waals surface area contributed by atoms with Crippen molar-refractivity contribution in [2.75, 3.05) is 5.32 Å². The highest BCUT2D eigenvalue weighted by molar-refractivity contribution is 6.34. The van der Waals surface area contributed by atoms with Crippen LogP contribution in [0.5, 0.6) is 0 Å². The number of hydrogen-bond donors (Lipinski definition) is 3. The Morgan fingerprint density at radius 2 is 2.06 bits per heavy atom. The van der Waals surface area contributed by atoms with Gasteiger partial charge in [-0.2, -0.15) is 0 Å². The summed E-state index contributed by atoms with van der Waals surface area (Å²) in [6.45, 7) is 1.37. The Hall–Kier alpha value is -2.01. The molecule has 6 heteroatoms. The van der Waals surface area contributed by atoms with Gasteiger partial charge >= 0.3 is 5.97 Å². The number of aromatic amines is 1. The zero-order chi connectivity index (χ0) is 12.6. The minimum absolute atomic E-state index is 0.0797. The van der Waals surface area contributed by atoms with Crippen molar-refractivity contribution in [3.8, 4) is 0 Å². The van der Waals surface area contributed by atoms with Gasteiger partial charge in [-0.1, -0.05) is 11.6 Å². The summed E-state index contributed by atoms with van der Waals surface area (Å²) < 4.78 is 0. The van der Waals surface area contributed by atoms with Crippen LogP contribution in [0.25, 0.3) is 10.9 Å². The normalized spacial score (nSPS) is 10.5. The molecular formula is C11H9ClN2O3. The Kier molecular flexibility index (Phi) is 2.77.